The van der Waals surface area contributed by atoms with Gasteiger partial charge in [-0.25, -0.2) is 9.37 Å². The van der Waals surface area contributed by atoms with E-state index < -0.39 is 11.7 Å². The zero-order valence-corrected chi connectivity index (χ0v) is 7.25. The molecule has 0 aliphatic carbocycles. The Labute approximate surface area is 79.0 Å². The van der Waals surface area contributed by atoms with E-state index in [9.17, 15) is 9.18 Å². The minimum Gasteiger partial charge on any atom is -0.366 e. The summed E-state index contributed by atoms with van der Waals surface area (Å²) < 4.78 is 12.8. The van der Waals surface area contributed by atoms with E-state index in [2.05, 4.69) is 4.98 Å². The largest absolute Gasteiger partial charge is 0.366 e. The van der Waals surface area contributed by atoms with Crippen LogP contribution in [-0.4, -0.2) is 10.9 Å². The van der Waals surface area contributed by atoms with Gasteiger partial charge in [0.1, 0.15) is 0 Å². The molecule has 0 saturated heterocycles. The summed E-state index contributed by atoms with van der Waals surface area (Å²) >= 11 is 5.34. The summed E-state index contributed by atoms with van der Waals surface area (Å²) in [5, 5.41) is -0.198. The van der Waals surface area contributed by atoms with Gasteiger partial charge in [0.2, 0.25) is 5.91 Å². The molecule has 0 aliphatic rings. The third kappa shape index (κ3) is 2.83. The summed E-state index contributed by atoms with van der Waals surface area (Å²) in [7, 11) is 0. The Hall–Kier alpha value is -1.42. The van der Waals surface area contributed by atoms with E-state index in [1.54, 1.807) is 0 Å². The van der Waals surface area contributed by atoms with Crippen LogP contribution in [0.3, 0.4) is 0 Å². The van der Waals surface area contributed by atoms with Crippen LogP contribution < -0.4 is 5.73 Å². The molecule has 1 aromatic heterocycles. The normalized spacial score (nSPS) is 10.6. The topological polar surface area (TPSA) is 56.0 Å². The summed E-state index contributed by atoms with van der Waals surface area (Å²) in [6.45, 7) is 0. The first-order valence-corrected chi connectivity index (χ1v) is 3.76. The molecule has 0 aromatic carbocycles. The lowest BCUT2D eigenvalue weighted by Crippen LogP contribution is -2.05. The molecule has 1 aromatic rings. The predicted octanol–water partition coefficient (Wildman–Crippen LogP) is 1.37. The fourth-order valence-corrected chi connectivity index (χ4v) is 0.809. The second-order valence-corrected chi connectivity index (χ2v) is 2.63. The summed E-state index contributed by atoms with van der Waals surface area (Å²) in [5.74, 6) is -1.23. The van der Waals surface area contributed by atoms with Crippen molar-refractivity contribution < 1.29 is 9.18 Å². The van der Waals surface area contributed by atoms with Crippen LogP contribution >= 0.6 is 11.6 Å². The van der Waals surface area contributed by atoms with Crippen LogP contribution in [0.1, 0.15) is 5.56 Å². The van der Waals surface area contributed by atoms with E-state index in [1.807, 2.05) is 0 Å². The van der Waals surface area contributed by atoms with Gasteiger partial charge in [0, 0.05) is 12.3 Å². The average molecular weight is 201 g/mol. The zero-order valence-electron chi connectivity index (χ0n) is 6.50. The van der Waals surface area contributed by atoms with E-state index in [1.165, 1.54) is 12.3 Å². The molecule has 68 valence electrons. The Kier molecular flexibility index (Phi) is 2.97. The molecule has 1 rings (SSSR count). The van der Waals surface area contributed by atoms with Crippen molar-refractivity contribution in [1.82, 2.24) is 4.98 Å². The minimum atomic E-state index is -0.631. The van der Waals surface area contributed by atoms with Gasteiger partial charge in [0.05, 0.1) is 0 Å². The summed E-state index contributed by atoms with van der Waals surface area (Å²) in [6, 6.07) is 1.16. The number of nitrogens with two attached hydrogens (primary N) is 1. The predicted molar refractivity (Wildman–Crippen MR) is 47.4 cm³/mol. The molecular formula is C8H6ClFN2O. The molecule has 0 spiro atoms. The van der Waals surface area contributed by atoms with Crippen LogP contribution in [0.4, 0.5) is 4.39 Å². The molecule has 0 radical (unpaired) electrons. The van der Waals surface area contributed by atoms with Gasteiger partial charge in [-0.15, -0.1) is 0 Å². The highest BCUT2D eigenvalue weighted by atomic mass is 35.5. The Morgan fingerprint density at radius 3 is 2.92 bits per heavy atom. The summed E-state index contributed by atoms with van der Waals surface area (Å²) in [6.07, 6.45) is 3.81. The van der Waals surface area contributed by atoms with Crippen LogP contribution in [0.15, 0.2) is 18.3 Å². The number of aromatic nitrogens is 1. The number of amides is 1. The van der Waals surface area contributed by atoms with Gasteiger partial charge in [-0.2, -0.15) is 0 Å². The Morgan fingerprint density at radius 2 is 2.38 bits per heavy atom. The maximum atomic E-state index is 12.8. The zero-order chi connectivity index (χ0) is 9.84. The molecule has 0 saturated carbocycles. The lowest BCUT2D eigenvalue weighted by molar-refractivity contribution is -0.113. The number of carbonyl (C=O) groups is 1. The second kappa shape index (κ2) is 4.00. The molecule has 5 heteroatoms. The van der Waals surface area contributed by atoms with Crippen molar-refractivity contribution in [3.8, 4) is 0 Å². The maximum Gasteiger partial charge on any atom is 0.241 e. The van der Waals surface area contributed by atoms with Gasteiger partial charge >= 0.3 is 0 Å². The van der Waals surface area contributed by atoms with Gasteiger partial charge in [-0.05, 0) is 17.7 Å². The first-order valence-electron chi connectivity index (χ1n) is 3.38. The van der Waals surface area contributed by atoms with Gasteiger partial charge in [-0.1, -0.05) is 11.6 Å². The van der Waals surface area contributed by atoms with Crippen molar-refractivity contribution >= 4 is 23.6 Å². The molecule has 0 aliphatic heterocycles. The fraction of sp³-hybridized carbons (Fsp3) is 0. The number of hydrogen-bond donors (Lipinski definition) is 1. The first-order chi connectivity index (χ1) is 6.09. The smallest absolute Gasteiger partial charge is 0.241 e. The monoisotopic (exact) mass is 200 g/mol. The SMILES string of the molecule is NC(=O)C=Cc1cnc(Cl)c(F)c1. The van der Waals surface area contributed by atoms with E-state index in [0.717, 1.165) is 12.1 Å². The molecule has 0 atom stereocenters. The van der Waals surface area contributed by atoms with E-state index in [0.29, 0.717) is 5.56 Å². The third-order valence-corrected chi connectivity index (χ3v) is 1.54. The van der Waals surface area contributed by atoms with Crippen LogP contribution in [0.5, 0.6) is 0 Å². The van der Waals surface area contributed by atoms with Crippen LogP contribution in [0.2, 0.25) is 5.15 Å². The fourth-order valence-electron chi connectivity index (χ4n) is 0.706. The van der Waals surface area contributed by atoms with Crippen molar-refractivity contribution in [3.63, 3.8) is 0 Å². The number of hydrogen-bond acceptors (Lipinski definition) is 2. The standard InChI is InChI=1S/C8H6ClFN2O/c9-8-6(10)3-5(4-12-8)1-2-7(11)13/h1-4H,(H2,11,13). The highest BCUT2D eigenvalue weighted by Crippen LogP contribution is 2.12. The van der Waals surface area contributed by atoms with Crippen molar-refractivity contribution in [2.45, 2.75) is 0 Å². The van der Waals surface area contributed by atoms with E-state index in [4.69, 9.17) is 17.3 Å². The quantitative estimate of drug-likeness (QED) is 0.579. The summed E-state index contributed by atoms with van der Waals surface area (Å²) in [4.78, 5) is 13.9. The van der Waals surface area contributed by atoms with Crippen molar-refractivity contribution in [1.29, 1.82) is 0 Å². The molecule has 13 heavy (non-hydrogen) atoms. The lowest BCUT2D eigenvalue weighted by Gasteiger charge is -1.94. The van der Waals surface area contributed by atoms with Crippen LogP contribution in [-0.2, 0) is 4.79 Å². The second-order valence-electron chi connectivity index (χ2n) is 2.28. The van der Waals surface area contributed by atoms with Crippen LogP contribution in [0, 0.1) is 5.82 Å². The van der Waals surface area contributed by atoms with E-state index in [-0.39, 0.29) is 5.15 Å². The van der Waals surface area contributed by atoms with Gasteiger partial charge in [-0.3, -0.25) is 4.79 Å². The molecule has 0 unspecified atom stereocenters. The molecule has 1 heterocycles. The molecule has 3 nitrogen and oxygen atoms in total. The number of rotatable bonds is 2. The van der Waals surface area contributed by atoms with Crippen molar-refractivity contribution in [3.05, 3.63) is 34.9 Å². The molecule has 0 bridgehead atoms. The third-order valence-electron chi connectivity index (χ3n) is 1.26. The number of nitrogens with zero attached hydrogens (tertiary/aromatic N) is 1. The van der Waals surface area contributed by atoms with Crippen molar-refractivity contribution in [2.75, 3.05) is 0 Å². The number of primary amides is 1. The Bertz CT molecular complexity index is 365. The minimum absolute atomic E-state index is 0.198. The molecule has 0 fully saturated rings. The maximum absolute atomic E-state index is 12.8. The summed E-state index contributed by atoms with van der Waals surface area (Å²) in [5.41, 5.74) is 5.27. The highest BCUT2D eigenvalue weighted by molar-refractivity contribution is 6.29. The Morgan fingerprint density at radius 1 is 1.69 bits per heavy atom. The number of halogens is 2. The van der Waals surface area contributed by atoms with Gasteiger partial charge in [0.25, 0.3) is 0 Å². The first kappa shape index (κ1) is 9.67. The number of carbonyl (C=O) groups excluding carboxylic acids is 1. The van der Waals surface area contributed by atoms with Gasteiger partial charge < -0.3 is 5.73 Å². The van der Waals surface area contributed by atoms with Crippen LogP contribution in [0.25, 0.3) is 6.08 Å². The van der Waals surface area contributed by atoms with E-state index >= 15 is 0 Å². The van der Waals surface area contributed by atoms with Crippen molar-refractivity contribution in [2.24, 2.45) is 5.73 Å². The highest BCUT2D eigenvalue weighted by Gasteiger charge is 1.99. The molecule has 2 N–H and O–H groups in total. The molecular weight excluding hydrogens is 195 g/mol. The number of pyridine rings is 1. The van der Waals surface area contributed by atoms with Gasteiger partial charge in [0.15, 0.2) is 11.0 Å². The lowest BCUT2D eigenvalue weighted by atomic mass is 10.2. The average Bonchev–Trinajstić information content (AvgIpc) is 2.07. The molecule has 1 amide bonds. The Balaban J connectivity index is 2.92.